The van der Waals surface area contributed by atoms with Crippen LogP contribution in [0.3, 0.4) is 0 Å². The summed E-state index contributed by atoms with van der Waals surface area (Å²) >= 11 is 12.4. The Morgan fingerprint density at radius 3 is 2.50 bits per heavy atom. The first-order valence-corrected chi connectivity index (χ1v) is 6.55. The molecule has 92 valence electrons. The molecule has 1 fully saturated rings. The van der Waals surface area contributed by atoms with Crippen LogP contribution in [0.2, 0.25) is 10.0 Å². The highest BCUT2D eigenvalue weighted by Crippen LogP contribution is 2.41. The van der Waals surface area contributed by atoms with Gasteiger partial charge in [-0.2, -0.15) is 0 Å². The van der Waals surface area contributed by atoms with E-state index in [1.807, 2.05) is 18.2 Å². The Bertz CT molecular complexity index is 545. The summed E-state index contributed by atoms with van der Waals surface area (Å²) in [5, 5.41) is 1.03. The van der Waals surface area contributed by atoms with Crippen molar-refractivity contribution in [2.24, 2.45) is 5.92 Å². The van der Waals surface area contributed by atoms with E-state index in [1.165, 1.54) is 0 Å². The van der Waals surface area contributed by atoms with Crippen molar-refractivity contribution >= 4 is 34.8 Å². The summed E-state index contributed by atoms with van der Waals surface area (Å²) < 4.78 is 0. The van der Waals surface area contributed by atoms with E-state index in [1.54, 1.807) is 23.1 Å². The molecule has 0 saturated carbocycles. The highest BCUT2D eigenvalue weighted by molar-refractivity contribution is 6.40. The monoisotopic (exact) mass is 279 g/mol. The lowest BCUT2D eigenvalue weighted by molar-refractivity contribution is -0.117. The maximum absolute atomic E-state index is 12.2. The molecule has 1 aromatic rings. The number of benzene rings is 1. The molecule has 0 N–H and O–H groups in total. The molecular formula is C14H11Cl2NO. The van der Waals surface area contributed by atoms with Crippen molar-refractivity contribution in [2.45, 2.75) is 12.5 Å². The molecule has 2 nitrogen and oxygen atoms in total. The van der Waals surface area contributed by atoms with Crippen LogP contribution in [0.1, 0.15) is 6.42 Å². The van der Waals surface area contributed by atoms with Gasteiger partial charge in [-0.05, 0) is 12.1 Å². The van der Waals surface area contributed by atoms with Gasteiger partial charge >= 0.3 is 0 Å². The molecule has 1 heterocycles. The van der Waals surface area contributed by atoms with Gasteiger partial charge < -0.3 is 4.90 Å². The van der Waals surface area contributed by atoms with Crippen LogP contribution in [0.4, 0.5) is 5.69 Å². The second kappa shape index (κ2) is 4.45. The molecule has 1 aliphatic heterocycles. The van der Waals surface area contributed by atoms with Crippen LogP contribution >= 0.6 is 23.2 Å². The summed E-state index contributed by atoms with van der Waals surface area (Å²) in [4.78, 5) is 13.9. The fraction of sp³-hybridized carbons (Fsp3) is 0.214. The molecule has 0 unspecified atom stereocenters. The predicted molar refractivity (Wildman–Crippen MR) is 74.1 cm³/mol. The lowest BCUT2D eigenvalue weighted by Gasteiger charge is -2.27. The normalized spacial score (nSPS) is 25.7. The highest BCUT2D eigenvalue weighted by atomic mass is 35.5. The van der Waals surface area contributed by atoms with E-state index < -0.39 is 0 Å². The standard InChI is InChI=1S/C14H11Cl2NO/c15-10-5-3-6-11(16)14(10)17-12-7-2-1-4-9(12)8-13(17)18/h1-7,9,12H,8H2/t9-,12-/m1/s1. The molecule has 1 amide bonds. The van der Waals surface area contributed by atoms with Crippen LogP contribution in [0.15, 0.2) is 42.5 Å². The number of hydrogen-bond donors (Lipinski definition) is 0. The average Bonchev–Trinajstić information content (AvgIpc) is 2.66. The van der Waals surface area contributed by atoms with Gasteiger partial charge in [0.25, 0.3) is 0 Å². The number of fused-ring (bicyclic) bond motifs is 1. The quantitative estimate of drug-likeness (QED) is 0.765. The number of rotatable bonds is 1. The minimum absolute atomic E-state index is 0.0277. The Hall–Kier alpha value is -1.25. The van der Waals surface area contributed by atoms with Crippen molar-refractivity contribution in [3.63, 3.8) is 0 Å². The van der Waals surface area contributed by atoms with Crippen LogP contribution in [0, 0.1) is 5.92 Å². The maximum Gasteiger partial charge on any atom is 0.228 e. The third-order valence-electron chi connectivity index (χ3n) is 3.37. The van der Waals surface area contributed by atoms with Gasteiger partial charge in [0.15, 0.2) is 0 Å². The van der Waals surface area contributed by atoms with Crippen molar-refractivity contribution in [1.82, 2.24) is 0 Å². The second-order valence-corrected chi connectivity index (χ2v) is 5.28. The molecule has 18 heavy (non-hydrogen) atoms. The third kappa shape index (κ3) is 1.76. The molecule has 3 rings (SSSR count). The Balaban J connectivity index is 2.09. The number of allylic oxidation sites excluding steroid dienone is 2. The molecule has 4 heteroatoms. The van der Waals surface area contributed by atoms with E-state index in [0.717, 1.165) is 0 Å². The van der Waals surface area contributed by atoms with Crippen molar-refractivity contribution in [2.75, 3.05) is 4.90 Å². The van der Waals surface area contributed by atoms with Crippen molar-refractivity contribution in [1.29, 1.82) is 0 Å². The Morgan fingerprint density at radius 2 is 1.78 bits per heavy atom. The zero-order chi connectivity index (χ0) is 12.7. The molecule has 1 aromatic carbocycles. The van der Waals surface area contributed by atoms with Gasteiger partial charge in [-0.15, -0.1) is 0 Å². The molecule has 2 atom stereocenters. The van der Waals surface area contributed by atoms with Crippen molar-refractivity contribution < 1.29 is 4.79 Å². The van der Waals surface area contributed by atoms with Crippen LogP contribution in [-0.4, -0.2) is 11.9 Å². The summed E-state index contributed by atoms with van der Waals surface area (Å²) in [5.74, 6) is 0.283. The Labute approximate surface area is 115 Å². The van der Waals surface area contributed by atoms with Crippen molar-refractivity contribution in [3.05, 3.63) is 52.5 Å². The maximum atomic E-state index is 12.2. The topological polar surface area (TPSA) is 20.3 Å². The number of hydrogen-bond acceptors (Lipinski definition) is 1. The van der Waals surface area contributed by atoms with Gasteiger partial charge in [-0.25, -0.2) is 0 Å². The molecular weight excluding hydrogens is 269 g/mol. The smallest absolute Gasteiger partial charge is 0.228 e. The fourth-order valence-electron chi connectivity index (χ4n) is 2.57. The average molecular weight is 280 g/mol. The number of para-hydroxylation sites is 1. The highest BCUT2D eigenvalue weighted by Gasteiger charge is 2.40. The van der Waals surface area contributed by atoms with Gasteiger partial charge in [0.1, 0.15) is 0 Å². The molecule has 0 spiro atoms. The number of carbonyl (C=O) groups is 1. The van der Waals surface area contributed by atoms with Gasteiger partial charge in [0.2, 0.25) is 5.91 Å². The van der Waals surface area contributed by atoms with E-state index in [0.29, 0.717) is 22.2 Å². The molecule has 0 radical (unpaired) electrons. The summed E-state index contributed by atoms with van der Waals surface area (Å²) in [6.07, 6.45) is 8.53. The van der Waals surface area contributed by atoms with Crippen LogP contribution in [0.5, 0.6) is 0 Å². The first kappa shape index (κ1) is 11.8. The molecule has 0 aromatic heterocycles. The Morgan fingerprint density at radius 1 is 1.11 bits per heavy atom. The van der Waals surface area contributed by atoms with Crippen molar-refractivity contribution in [3.8, 4) is 0 Å². The predicted octanol–water partition coefficient (Wildman–Crippen LogP) is 3.84. The van der Waals surface area contributed by atoms with Gasteiger partial charge in [0.05, 0.1) is 21.8 Å². The van der Waals surface area contributed by atoms with E-state index in [4.69, 9.17) is 23.2 Å². The van der Waals surface area contributed by atoms with E-state index in [-0.39, 0.29) is 17.9 Å². The number of halogens is 2. The summed E-state index contributed by atoms with van der Waals surface area (Å²) in [5.41, 5.74) is 0.623. The number of anilines is 1. The van der Waals surface area contributed by atoms with E-state index in [9.17, 15) is 4.79 Å². The first-order chi connectivity index (χ1) is 8.68. The van der Waals surface area contributed by atoms with E-state index in [2.05, 4.69) is 6.08 Å². The summed E-state index contributed by atoms with van der Waals surface area (Å²) in [6.45, 7) is 0. The number of amides is 1. The van der Waals surface area contributed by atoms with Gasteiger partial charge in [-0.1, -0.05) is 53.6 Å². The largest absolute Gasteiger partial charge is 0.302 e. The minimum atomic E-state index is 0.0277. The molecule has 0 bridgehead atoms. The van der Waals surface area contributed by atoms with Gasteiger partial charge in [0, 0.05) is 12.3 Å². The zero-order valence-electron chi connectivity index (χ0n) is 9.51. The second-order valence-electron chi connectivity index (χ2n) is 4.46. The minimum Gasteiger partial charge on any atom is -0.302 e. The van der Waals surface area contributed by atoms with Crippen LogP contribution < -0.4 is 4.90 Å². The zero-order valence-corrected chi connectivity index (χ0v) is 11.0. The number of nitrogens with zero attached hydrogens (tertiary/aromatic N) is 1. The molecule has 1 saturated heterocycles. The third-order valence-corrected chi connectivity index (χ3v) is 3.98. The fourth-order valence-corrected chi connectivity index (χ4v) is 3.15. The molecule has 2 aliphatic rings. The summed E-state index contributed by atoms with van der Waals surface area (Å²) in [7, 11) is 0. The summed E-state index contributed by atoms with van der Waals surface area (Å²) in [6, 6.07) is 5.32. The van der Waals surface area contributed by atoms with E-state index >= 15 is 0 Å². The number of carbonyl (C=O) groups excluding carboxylic acids is 1. The Kier molecular flexibility index (Phi) is 2.92. The van der Waals surface area contributed by atoms with Crippen LogP contribution in [-0.2, 0) is 4.79 Å². The lowest BCUT2D eigenvalue weighted by atomic mass is 9.96. The first-order valence-electron chi connectivity index (χ1n) is 5.79. The lowest BCUT2D eigenvalue weighted by Crippen LogP contribution is -2.34. The van der Waals surface area contributed by atoms with Gasteiger partial charge in [-0.3, -0.25) is 4.79 Å². The SMILES string of the molecule is O=C1C[C@H]2C=CC=C[C@H]2N1c1c(Cl)cccc1Cl. The molecule has 1 aliphatic carbocycles. The van der Waals surface area contributed by atoms with Crippen LogP contribution in [0.25, 0.3) is 0 Å².